The third kappa shape index (κ3) is 3.47. The summed E-state index contributed by atoms with van der Waals surface area (Å²) in [5, 5.41) is 20.5. The van der Waals surface area contributed by atoms with Crippen LogP contribution >= 0.6 is 0 Å². The number of hydrogen-bond acceptors (Lipinski definition) is 4. The molecule has 0 aliphatic rings. The second-order valence-corrected chi connectivity index (χ2v) is 4.93. The first-order valence-corrected chi connectivity index (χ1v) is 6.93. The molecule has 23 heavy (non-hydrogen) atoms. The van der Waals surface area contributed by atoms with Gasteiger partial charge in [0.15, 0.2) is 0 Å². The maximum Gasteiger partial charge on any atom is 0.273 e. The summed E-state index contributed by atoms with van der Waals surface area (Å²) in [7, 11) is 0. The summed E-state index contributed by atoms with van der Waals surface area (Å²) >= 11 is 0. The fraction of sp³-hybridized carbons (Fsp3) is 0. The summed E-state index contributed by atoms with van der Waals surface area (Å²) in [6.45, 7) is 0. The summed E-state index contributed by atoms with van der Waals surface area (Å²) in [6.07, 6.45) is 0. The standard InChI is InChI=1S/C18H13NO4/c20-16-11-14(10-15(12-16)19(21)22)13-6-8-18(9-7-13)23-17-4-2-1-3-5-17/h1-12,20H. The second kappa shape index (κ2) is 6.19. The number of phenolic OH excluding ortho intramolecular Hbond substituents is 1. The molecule has 5 nitrogen and oxygen atoms in total. The molecule has 3 aromatic carbocycles. The average Bonchev–Trinajstić information content (AvgIpc) is 2.56. The van der Waals surface area contributed by atoms with Crippen LogP contribution in [0.15, 0.2) is 72.8 Å². The van der Waals surface area contributed by atoms with Crippen molar-refractivity contribution in [3.05, 3.63) is 82.9 Å². The van der Waals surface area contributed by atoms with Crippen molar-refractivity contribution in [1.29, 1.82) is 0 Å². The van der Waals surface area contributed by atoms with Gasteiger partial charge in [-0.2, -0.15) is 0 Å². The number of nitrogens with zero attached hydrogens (tertiary/aromatic N) is 1. The molecule has 0 bridgehead atoms. The lowest BCUT2D eigenvalue weighted by molar-refractivity contribution is -0.384. The van der Waals surface area contributed by atoms with Crippen molar-refractivity contribution < 1.29 is 14.8 Å². The Morgan fingerprint density at radius 1 is 0.826 bits per heavy atom. The molecule has 0 radical (unpaired) electrons. The number of ether oxygens (including phenoxy) is 1. The van der Waals surface area contributed by atoms with E-state index in [0.29, 0.717) is 11.3 Å². The molecule has 0 heterocycles. The minimum absolute atomic E-state index is 0.140. The molecule has 0 atom stereocenters. The highest BCUT2D eigenvalue weighted by Gasteiger charge is 2.10. The molecule has 5 heteroatoms. The number of nitro groups is 1. The first kappa shape index (κ1) is 14.6. The van der Waals surface area contributed by atoms with Gasteiger partial charge in [0.2, 0.25) is 0 Å². The highest BCUT2D eigenvalue weighted by atomic mass is 16.6. The number of rotatable bonds is 4. The van der Waals surface area contributed by atoms with Crippen LogP contribution in [-0.2, 0) is 0 Å². The molecule has 0 aliphatic heterocycles. The summed E-state index contributed by atoms with van der Waals surface area (Å²) in [5.41, 5.74) is 1.18. The fourth-order valence-corrected chi connectivity index (χ4v) is 2.21. The van der Waals surface area contributed by atoms with Crippen LogP contribution in [0.3, 0.4) is 0 Å². The number of para-hydroxylation sites is 1. The first-order chi connectivity index (χ1) is 11.1. The summed E-state index contributed by atoms with van der Waals surface area (Å²) in [6, 6.07) is 20.5. The molecule has 3 rings (SSSR count). The van der Waals surface area contributed by atoms with Crippen LogP contribution < -0.4 is 4.74 Å². The van der Waals surface area contributed by atoms with Gasteiger partial charge in [-0.05, 0) is 41.5 Å². The van der Waals surface area contributed by atoms with Crippen molar-refractivity contribution >= 4 is 5.69 Å². The molecular weight excluding hydrogens is 294 g/mol. The molecule has 0 spiro atoms. The molecule has 0 fully saturated rings. The van der Waals surface area contributed by atoms with Gasteiger partial charge in [0.25, 0.3) is 5.69 Å². The van der Waals surface area contributed by atoms with E-state index in [4.69, 9.17) is 4.74 Å². The second-order valence-electron chi connectivity index (χ2n) is 4.93. The first-order valence-electron chi connectivity index (χ1n) is 6.93. The smallest absolute Gasteiger partial charge is 0.273 e. The lowest BCUT2D eigenvalue weighted by atomic mass is 10.0. The number of phenols is 1. The van der Waals surface area contributed by atoms with Crippen LogP contribution in [0.5, 0.6) is 17.2 Å². The van der Waals surface area contributed by atoms with E-state index in [-0.39, 0.29) is 11.4 Å². The van der Waals surface area contributed by atoms with Crippen LogP contribution in [0.1, 0.15) is 0 Å². The van der Waals surface area contributed by atoms with E-state index in [9.17, 15) is 15.2 Å². The molecule has 0 saturated carbocycles. The van der Waals surface area contributed by atoms with E-state index in [1.807, 2.05) is 30.3 Å². The van der Waals surface area contributed by atoms with E-state index >= 15 is 0 Å². The van der Waals surface area contributed by atoms with Gasteiger partial charge in [-0.1, -0.05) is 30.3 Å². The van der Waals surface area contributed by atoms with E-state index in [0.717, 1.165) is 17.4 Å². The highest BCUT2D eigenvalue weighted by Crippen LogP contribution is 2.31. The van der Waals surface area contributed by atoms with Gasteiger partial charge >= 0.3 is 0 Å². The van der Waals surface area contributed by atoms with Crippen molar-refractivity contribution in [2.24, 2.45) is 0 Å². The van der Waals surface area contributed by atoms with Crippen LogP contribution in [0.2, 0.25) is 0 Å². The van der Waals surface area contributed by atoms with E-state index in [1.165, 1.54) is 12.1 Å². The normalized spacial score (nSPS) is 10.3. The van der Waals surface area contributed by atoms with Crippen LogP contribution in [-0.4, -0.2) is 10.0 Å². The maximum atomic E-state index is 10.9. The maximum absolute atomic E-state index is 10.9. The molecule has 114 valence electrons. The van der Waals surface area contributed by atoms with Gasteiger partial charge in [-0.15, -0.1) is 0 Å². The summed E-state index contributed by atoms with van der Waals surface area (Å²) in [5.74, 6) is 1.25. The lowest BCUT2D eigenvalue weighted by Crippen LogP contribution is -1.89. The number of benzene rings is 3. The molecule has 0 aromatic heterocycles. The molecule has 1 N–H and O–H groups in total. The van der Waals surface area contributed by atoms with Crippen LogP contribution in [0.4, 0.5) is 5.69 Å². The fourth-order valence-electron chi connectivity index (χ4n) is 2.21. The Balaban J connectivity index is 1.86. The molecular formula is C18H13NO4. The van der Waals surface area contributed by atoms with Crippen molar-refractivity contribution in [1.82, 2.24) is 0 Å². The van der Waals surface area contributed by atoms with E-state index < -0.39 is 4.92 Å². The van der Waals surface area contributed by atoms with Gasteiger partial charge in [0.1, 0.15) is 17.2 Å². The third-order valence-electron chi connectivity index (χ3n) is 3.28. The minimum atomic E-state index is -0.532. The number of nitro benzene ring substituents is 1. The Hall–Kier alpha value is -3.34. The number of aromatic hydroxyl groups is 1. The predicted molar refractivity (Wildman–Crippen MR) is 86.7 cm³/mol. The van der Waals surface area contributed by atoms with Crippen molar-refractivity contribution in [3.8, 4) is 28.4 Å². The Kier molecular flexibility index (Phi) is 3.93. The topological polar surface area (TPSA) is 72.6 Å². The Bertz CT molecular complexity index is 829. The van der Waals surface area contributed by atoms with Gasteiger partial charge in [0, 0.05) is 6.07 Å². The van der Waals surface area contributed by atoms with Gasteiger partial charge in [-0.3, -0.25) is 10.1 Å². The zero-order chi connectivity index (χ0) is 16.2. The monoisotopic (exact) mass is 307 g/mol. The quantitative estimate of drug-likeness (QED) is 0.557. The number of non-ortho nitro benzene ring substituents is 1. The van der Waals surface area contributed by atoms with Crippen LogP contribution in [0.25, 0.3) is 11.1 Å². The van der Waals surface area contributed by atoms with Crippen molar-refractivity contribution in [2.75, 3.05) is 0 Å². The van der Waals surface area contributed by atoms with Crippen molar-refractivity contribution in [2.45, 2.75) is 0 Å². The predicted octanol–water partition coefficient (Wildman–Crippen LogP) is 4.76. The number of hydrogen-bond donors (Lipinski definition) is 1. The molecule has 0 saturated heterocycles. The lowest BCUT2D eigenvalue weighted by Gasteiger charge is -2.07. The molecule has 0 aliphatic carbocycles. The van der Waals surface area contributed by atoms with Gasteiger partial charge in [0.05, 0.1) is 11.0 Å². The Labute approximate surface area is 132 Å². The van der Waals surface area contributed by atoms with Crippen LogP contribution in [0, 0.1) is 10.1 Å². The third-order valence-corrected chi connectivity index (χ3v) is 3.28. The zero-order valence-electron chi connectivity index (χ0n) is 12.0. The molecule has 3 aromatic rings. The van der Waals surface area contributed by atoms with Gasteiger partial charge in [-0.25, -0.2) is 0 Å². The Morgan fingerprint density at radius 2 is 1.48 bits per heavy atom. The van der Waals surface area contributed by atoms with E-state index in [2.05, 4.69) is 0 Å². The summed E-state index contributed by atoms with van der Waals surface area (Å²) in [4.78, 5) is 10.3. The van der Waals surface area contributed by atoms with Gasteiger partial charge < -0.3 is 9.84 Å². The molecule has 0 unspecified atom stereocenters. The zero-order valence-corrected chi connectivity index (χ0v) is 12.0. The van der Waals surface area contributed by atoms with Crippen molar-refractivity contribution in [3.63, 3.8) is 0 Å². The summed E-state index contributed by atoms with van der Waals surface area (Å²) < 4.78 is 5.70. The SMILES string of the molecule is O=[N+]([O-])c1cc(O)cc(-c2ccc(Oc3ccccc3)cc2)c1. The Morgan fingerprint density at radius 3 is 2.13 bits per heavy atom. The average molecular weight is 307 g/mol. The highest BCUT2D eigenvalue weighted by molar-refractivity contribution is 5.68. The molecule has 0 amide bonds. The van der Waals surface area contributed by atoms with E-state index in [1.54, 1.807) is 24.3 Å². The minimum Gasteiger partial charge on any atom is -0.508 e. The largest absolute Gasteiger partial charge is 0.508 e.